The van der Waals surface area contributed by atoms with Crippen LogP contribution in [0.15, 0.2) is 0 Å². The number of nitrogens with two attached hydrogens (primary N) is 1. The van der Waals surface area contributed by atoms with E-state index in [2.05, 4.69) is 37.7 Å². The zero-order valence-electron chi connectivity index (χ0n) is 13.4. The Kier molecular flexibility index (Phi) is 4.91. The first-order chi connectivity index (χ1) is 8.85. The summed E-state index contributed by atoms with van der Waals surface area (Å²) < 4.78 is 0. The van der Waals surface area contributed by atoms with Gasteiger partial charge < -0.3 is 15.5 Å². The third-order valence-corrected chi connectivity index (χ3v) is 5.18. The van der Waals surface area contributed by atoms with Crippen LogP contribution in [0.5, 0.6) is 0 Å². The molecule has 2 N–H and O–H groups in total. The minimum absolute atomic E-state index is 0.418. The van der Waals surface area contributed by atoms with Crippen molar-refractivity contribution in [2.75, 3.05) is 40.3 Å². The lowest BCUT2D eigenvalue weighted by Gasteiger charge is -2.41. The van der Waals surface area contributed by atoms with Gasteiger partial charge in [-0.05, 0) is 63.6 Å². The van der Waals surface area contributed by atoms with Crippen LogP contribution in [0.25, 0.3) is 0 Å². The maximum Gasteiger partial charge on any atom is 0.00797 e. The van der Waals surface area contributed by atoms with Crippen molar-refractivity contribution >= 4 is 0 Å². The number of likely N-dealkylation sites (tertiary alicyclic amines) is 1. The van der Waals surface area contributed by atoms with Crippen molar-refractivity contribution in [3.05, 3.63) is 0 Å². The molecule has 1 heterocycles. The summed E-state index contributed by atoms with van der Waals surface area (Å²) in [6.45, 7) is 9.77. The van der Waals surface area contributed by atoms with E-state index in [0.29, 0.717) is 17.4 Å². The molecule has 1 aliphatic heterocycles. The van der Waals surface area contributed by atoms with E-state index in [-0.39, 0.29) is 0 Å². The van der Waals surface area contributed by atoms with E-state index in [1.807, 2.05) is 0 Å². The molecule has 0 aromatic rings. The van der Waals surface area contributed by atoms with Gasteiger partial charge >= 0.3 is 0 Å². The minimum atomic E-state index is 0.418. The molecule has 2 rings (SSSR count). The Hall–Kier alpha value is -0.120. The molecule has 2 aliphatic rings. The Morgan fingerprint density at radius 3 is 2.63 bits per heavy atom. The van der Waals surface area contributed by atoms with Crippen molar-refractivity contribution in [1.29, 1.82) is 0 Å². The van der Waals surface area contributed by atoms with Crippen molar-refractivity contribution in [3.8, 4) is 0 Å². The van der Waals surface area contributed by atoms with Gasteiger partial charge in [-0.3, -0.25) is 0 Å². The van der Waals surface area contributed by atoms with Crippen LogP contribution in [0, 0.1) is 17.3 Å². The summed E-state index contributed by atoms with van der Waals surface area (Å²) in [5.74, 6) is 1.55. The summed E-state index contributed by atoms with van der Waals surface area (Å²) in [5, 5.41) is 0. The molecule has 0 aromatic carbocycles. The molecule has 0 aromatic heterocycles. The van der Waals surface area contributed by atoms with Crippen LogP contribution >= 0.6 is 0 Å². The summed E-state index contributed by atoms with van der Waals surface area (Å²) >= 11 is 0. The molecule has 19 heavy (non-hydrogen) atoms. The lowest BCUT2D eigenvalue weighted by molar-refractivity contribution is 0.119. The topological polar surface area (TPSA) is 32.5 Å². The molecule has 3 unspecified atom stereocenters. The highest BCUT2D eigenvalue weighted by Crippen LogP contribution is 2.38. The third-order valence-electron chi connectivity index (χ3n) is 5.18. The summed E-state index contributed by atoms with van der Waals surface area (Å²) in [5.41, 5.74) is 6.84. The molecule has 1 saturated heterocycles. The molecule has 0 spiro atoms. The van der Waals surface area contributed by atoms with Crippen LogP contribution in [0.4, 0.5) is 0 Å². The molecule has 112 valence electrons. The highest BCUT2D eigenvalue weighted by molar-refractivity contribution is 4.88. The molecule has 0 amide bonds. The second kappa shape index (κ2) is 6.11. The smallest absolute Gasteiger partial charge is 0.00797 e. The standard InChI is InChI=1S/C16H33N3/c1-16(2)7-5-15(17)14(9-16)12-19(4)11-13-6-8-18(3)10-13/h13-15H,5-12,17H2,1-4H3. The Bertz CT molecular complexity index is 290. The number of nitrogens with zero attached hydrogens (tertiary/aromatic N) is 2. The van der Waals surface area contributed by atoms with Crippen LogP contribution in [-0.2, 0) is 0 Å². The Morgan fingerprint density at radius 2 is 2.00 bits per heavy atom. The first-order valence-electron chi connectivity index (χ1n) is 7.98. The molecule has 0 radical (unpaired) electrons. The average molecular weight is 267 g/mol. The van der Waals surface area contributed by atoms with Crippen molar-refractivity contribution in [3.63, 3.8) is 0 Å². The number of rotatable bonds is 4. The first-order valence-corrected chi connectivity index (χ1v) is 7.98. The number of hydrogen-bond acceptors (Lipinski definition) is 3. The fraction of sp³-hybridized carbons (Fsp3) is 1.00. The predicted molar refractivity (Wildman–Crippen MR) is 82.2 cm³/mol. The minimum Gasteiger partial charge on any atom is -0.327 e. The molecule has 2 fully saturated rings. The third kappa shape index (κ3) is 4.44. The first kappa shape index (κ1) is 15.3. The Morgan fingerprint density at radius 1 is 1.26 bits per heavy atom. The van der Waals surface area contributed by atoms with Gasteiger partial charge in [0.2, 0.25) is 0 Å². The van der Waals surface area contributed by atoms with Crippen molar-refractivity contribution < 1.29 is 0 Å². The van der Waals surface area contributed by atoms with Crippen LogP contribution in [0.2, 0.25) is 0 Å². The van der Waals surface area contributed by atoms with Gasteiger partial charge in [-0.15, -0.1) is 0 Å². The van der Waals surface area contributed by atoms with E-state index in [0.717, 1.165) is 5.92 Å². The Balaban J connectivity index is 1.79. The fourth-order valence-electron chi connectivity index (χ4n) is 4.05. The van der Waals surface area contributed by atoms with Crippen LogP contribution in [0.3, 0.4) is 0 Å². The Labute approximate surface area is 119 Å². The van der Waals surface area contributed by atoms with Gasteiger partial charge in [0.15, 0.2) is 0 Å². The van der Waals surface area contributed by atoms with Crippen molar-refractivity contribution in [1.82, 2.24) is 9.80 Å². The lowest BCUT2D eigenvalue weighted by Crippen LogP contribution is -2.45. The van der Waals surface area contributed by atoms with E-state index in [1.165, 1.54) is 51.9 Å². The van der Waals surface area contributed by atoms with Crippen LogP contribution in [0.1, 0.15) is 39.5 Å². The van der Waals surface area contributed by atoms with Crippen molar-refractivity contribution in [2.45, 2.75) is 45.6 Å². The zero-order valence-corrected chi connectivity index (χ0v) is 13.4. The van der Waals surface area contributed by atoms with E-state index in [1.54, 1.807) is 0 Å². The molecule has 1 aliphatic carbocycles. The molecule has 3 heteroatoms. The molecular formula is C16H33N3. The average Bonchev–Trinajstić information content (AvgIpc) is 2.69. The summed E-state index contributed by atoms with van der Waals surface area (Å²) in [7, 11) is 4.52. The monoisotopic (exact) mass is 267 g/mol. The lowest BCUT2D eigenvalue weighted by atomic mass is 9.70. The van der Waals surface area contributed by atoms with Gasteiger partial charge in [-0.2, -0.15) is 0 Å². The molecular weight excluding hydrogens is 234 g/mol. The highest BCUT2D eigenvalue weighted by atomic mass is 15.1. The normalized spacial score (nSPS) is 36.0. The van der Waals surface area contributed by atoms with Crippen LogP contribution < -0.4 is 5.73 Å². The van der Waals surface area contributed by atoms with Gasteiger partial charge in [-0.1, -0.05) is 13.8 Å². The van der Waals surface area contributed by atoms with E-state index in [9.17, 15) is 0 Å². The van der Waals surface area contributed by atoms with Gasteiger partial charge in [-0.25, -0.2) is 0 Å². The van der Waals surface area contributed by atoms with Gasteiger partial charge in [0.05, 0.1) is 0 Å². The second-order valence-electron chi connectivity index (χ2n) is 7.97. The number of hydrogen-bond donors (Lipinski definition) is 1. The van der Waals surface area contributed by atoms with E-state index in [4.69, 9.17) is 5.73 Å². The summed E-state index contributed by atoms with van der Waals surface area (Å²) in [6.07, 6.45) is 5.16. The zero-order chi connectivity index (χ0) is 14.0. The van der Waals surface area contributed by atoms with Gasteiger partial charge in [0.1, 0.15) is 0 Å². The maximum absolute atomic E-state index is 6.34. The van der Waals surface area contributed by atoms with Crippen molar-refractivity contribution in [2.24, 2.45) is 23.0 Å². The highest BCUT2D eigenvalue weighted by Gasteiger charge is 2.33. The fourth-order valence-corrected chi connectivity index (χ4v) is 4.05. The van der Waals surface area contributed by atoms with E-state index >= 15 is 0 Å². The molecule has 0 bridgehead atoms. The van der Waals surface area contributed by atoms with Gasteiger partial charge in [0.25, 0.3) is 0 Å². The van der Waals surface area contributed by atoms with Gasteiger partial charge in [0, 0.05) is 25.7 Å². The summed E-state index contributed by atoms with van der Waals surface area (Å²) in [6, 6.07) is 0.418. The molecule has 1 saturated carbocycles. The summed E-state index contributed by atoms with van der Waals surface area (Å²) in [4.78, 5) is 4.99. The second-order valence-corrected chi connectivity index (χ2v) is 7.97. The molecule has 3 atom stereocenters. The largest absolute Gasteiger partial charge is 0.327 e. The predicted octanol–water partition coefficient (Wildman–Crippen LogP) is 2.02. The van der Waals surface area contributed by atoms with Crippen LogP contribution in [-0.4, -0.2) is 56.1 Å². The van der Waals surface area contributed by atoms with E-state index < -0.39 is 0 Å². The SMILES string of the molecule is CN1CCC(CN(C)CC2CC(C)(C)CCC2N)C1. The quantitative estimate of drug-likeness (QED) is 0.846. The molecule has 3 nitrogen and oxygen atoms in total. The maximum atomic E-state index is 6.34.